The number of benzene rings is 1. The van der Waals surface area contributed by atoms with Crippen LogP contribution in [0.15, 0.2) is 30.8 Å². The van der Waals surface area contributed by atoms with Crippen molar-refractivity contribution in [2.24, 2.45) is 0 Å². The summed E-state index contributed by atoms with van der Waals surface area (Å²) in [6.45, 7) is 3.71. The van der Waals surface area contributed by atoms with Crippen LogP contribution >= 0.6 is 23.2 Å². The Bertz CT molecular complexity index is 280. The molecular formula is C11H12Cl2Si. The summed E-state index contributed by atoms with van der Waals surface area (Å²) in [6, 6.07) is 9.46. The van der Waals surface area contributed by atoms with E-state index in [1.165, 1.54) is 5.56 Å². The number of alkyl halides is 2. The smallest absolute Gasteiger partial charge is 0.0929 e. The minimum absolute atomic E-state index is 0.206. The lowest BCUT2D eigenvalue weighted by Crippen LogP contribution is -2.02. The molecule has 0 heterocycles. The molecule has 0 atom stereocenters. The van der Waals surface area contributed by atoms with Crippen LogP contribution in [0, 0.1) is 0 Å². The zero-order valence-corrected chi connectivity index (χ0v) is 10.4. The summed E-state index contributed by atoms with van der Waals surface area (Å²) in [4.78, 5) is 0. The van der Waals surface area contributed by atoms with Crippen molar-refractivity contribution in [3.05, 3.63) is 42.0 Å². The van der Waals surface area contributed by atoms with Crippen LogP contribution in [0.3, 0.4) is 0 Å². The van der Waals surface area contributed by atoms with Crippen LogP contribution in [0.2, 0.25) is 6.04 Å². The van der Waals surface area contributed by atoms with Gasteiger partial charge in [0.05, 0.1) is 14.0 Å². The standard InChI is InChI=1S/C11H12Cl2Si/c1-2-9-3-5-10(6-4-9)7-8-14-11(12)13/h2-6,11H,1,7-8H2. The highest BCUT2D eigenvalue weighted by Gasteiger charge is 2.00. The molecule has 1 aromatic rings. The molecule has 0 aliphatic carbocycles. The van der Waals surface area contributed by atoms with Crippen LogP contribution < -0.4 is 0 Å². The summed E-state index contributed by atoms with van der Waals surface area (Å²) in [5.41, 5.74) is 2.49. The van der Waals surface area contributed by atoms with Gasteiger partial charge in [-0.2, -0.15) is 0 Å². The van der Waals surface area contributed by atoms with Gasteiger partial charge < -0.3 is 0 Å². The molecule has 0 nitrogen and oxygen atoms in total. The van der Waals surface area contributed by atoms with Crippen LogP contribution in [0.5, 0.6) is 0 Å². The first-order chi connectivity index (χ1) is 6.72. The first-order valence-electron chi connectivity index (χ1n) is 4.45. The number of halogens is 2. The van der Waals surface area contributed by atoms with E-state index in [4.69, 9.17) is 23.2 Å². The van der Waals surface area contributed by atoms with Crippen molar-refractivity contribution in [2.75, 3.05) is 0 Å². The summed E-state index contributed by atoms with van der Waals surface area (Å²) in [6.07, 6.45) is 2.89. The van der Waals surface area contributed by atoms with Crippen molar-refractivity contribution in [1.29, 1.82) is 0 Å². The molecule has 74 valence electrons. The predicted octanol–water partition coefficient (Wildman–Crippen LogP) is 3.76. The molecule has 0 saturated carbocycles. The molecule has 0 unspecified atom stereocenters. The third-order valence-electron chi connectivity index (χ3n) is 1.93. The summed E-state index contributed by atoms with van der Waals surface area (Å²) < 4.78 is -0.206. The Morgan fingerprint density at radius 3 is 2.43 bits per heavy atom. The van der Waals surface area contributed by atoms with Crippen LogP contribution in [0.4, 0.5) is 0 Å². The lowest BCUT2D eigenvalue weighted by Gasteiger charge is -2.01. The molecule has 14 heavy (non-hydrogen) atoms. The molecule has 0 aliphatic heterocycles. The van der Waals surface area contributed by atoms with E-state index in [2.05, 4.69) is 30.8 Å². The largest absolute Gasteiger partial charge is 0.110 e. The fourth-order valence-corrected chi connectivity index (χ4v) is 2.45. The molecule has 0 N–H and O–H groups in total. The molecule has 1 rings (SSSR count). The monoisotopic (exact) mass is 242 g/mol. The van der Waals surface area contributed by atoms with Gasteiger partial charge in [0.2, 0.25) is 0 Å². The molecule has 0 spiro atoms. The van der Waals surface area contributed by atoms with Crippen LogP contribution in [-0.2, 0) is 6.42 Å². The number of hydrogen-bond acceptors (Lipinski definition) is 0. The molecule has 3 heteroatoms. The lowest BCUT2D eigenvalue weighted by atomic mass is 10.1. The number of hydrogen-bond donors (Lipinski definition) is 0. The Morgan fingerprint density at radius 1 is 1.29 bits per heavy atom. The molecule has 2 radical (unpaired) electrons. The molecular weight excluding hydrogens is 231 g/mol. The molecule has 0 aliphatic rings. The van der Waals surface area contributed by atoms with Gasteiger partial charge in [0.25, 0.3) is 0 Å². The van der Waals surface area contributed by atoms with Gasteiger partial charge in [-0.15, -0.1) is 23.2 Å². The SMILES string of the molecule is C=Cc1ccc(CC[Si]C(Cl)Cl)cc1. The van der Waals surface area contributed by atoms with Gasteiger partial charge in [-0.05, 0) is 17.5 Å². The van der Waals surface area contributed by atoms with Gasteiger partial charge in [0.15, 0.2) is 0 Å². The average molecular weight is 243 g/mol. The molecule has 0 saturated heterocycles. The second kappa shape index (κ2) is 6.28. The Hall–Kier alpha value is -0.243. The maximum absolute atomic E-state index is 5.66. The summed E-state index contributed by atoms with van der Waals surface area (Å²) in [7, 11) is 0.622. The summed E-state index contributed by atoms with van der Waals surface area (Å²) >= 11 is 11.3. The van der Waals surface area contributed by atoms with E-state index in [0.717, 1.165) is 18.0 Å². The van der Waals surface area contributed by atoms with E-state index < -0.39 is 0 Å². The van der Waals surface area contributed by atoms with E-state index in [-0.39, 0.29) is 4.46 Å². The Balaban J connectivity index is 2.40. The van der Waals surface area contributed by atoms with Crippen molar-refractivity contribution < 1.29 is 0 Å². The quantitative estimate of drug-likeness (QED) is 0.545. The molecule has 0 bridgehead atoms. The third-order valence-corrected chi connectivity index (χ3v) is 3.70. The molecule has 1 aromatic carbocycles. The van der Waals surface area contributed by atoms with Crippen molar-refractivity contribution >= 4 is 38.8 Å². The first-order valence-corrected chi connectivity index (χ1v) is 6.61. The fraction of sp³-hybridized carbons (Fsp3) is 0.273. The molecule has 0 fully saturated rings. The maximum Gasteiger partial charge on any atom is 0.0929 e. The zero-order chi connectivity index (χ0) is 10.4. The fourth-order valence-electron chi connectivity index (χ4n) is 1.15. The highest BCUT2D eigenvalue weighted by atomic mass is 35.5. The average Bonchev–Trinajstić information content (AvgIpc) is 2.18. The minimum Gasteiger partial charge on any atom is -0.110 e. The van der Waals surface area contributed by atoms with Crippen LogP contribution in [0.25, 0.3) is 6.08 Å². The van der Waals surface area contributed by atoms with E-state index in [1.54, 1.807) is 0 Å². The second-order valence-corrected chi connectivity index (χ2v) is 6.26. The van der Waals surface area contributed by atoms with Gasteiger partial charge in [-0.1, -0.05) is 43.0 Å². The van der Waals surface area contributed by atoms with Crippen LogP contribution in [-0.4, -0.2) is 14.0 Å². The predicted molar refractivity (Wildman–Crippen MR) is 66.3 cm³/mol. The first kappa shape index (κ1) is 11.8. The van der Waals surface area contributed by atoms with E-state index in [9.17, 15) is 0 Å². The highest BCUT2D eigenvalue weighted by molar-refractivity contribution is 6.68. The van der Waals surface area contributed by atoms with Gasteiger partial charge in [0, 0.05) is 0 Å². The van der Waals surface area contributed by atoms with Crippen molar-refractivity contribution in [3.63, 3.8) is 0 Å². The van der Waals surface area contributed by atoms with Gasteiger partial charge in [0.1, 0.15) is 0 Å². The number of rotatable bonds is 5. The molecule has 0 aromatic heterocycles. The zero-order valence-electron chi connectivity index (χ0n) is 7.84. The van der Waals surface area contributed by atoms with Crippen molar-refractivity contribution in [2.45, 2.75) is 16.9 Å². The lowest BCUT2D eigenvalue weighted by molar-refractivity contribution is 1.12. The normalized spacial score (nSPS) is 10.5. The Labute approximate surface area is 97.7 Å². The van der Waals surface area contributed by atoms with Crippen molar-refractivity contribution in [1.82, 2.24) is 0 Å². The van der Waals surface area contributed by atoms with Gasteiger partial charge in [-0.3, -0.25) is 0 Å². The van der Waals surface area contributed by atoms with E-state index >= 15 is 0 Å². The third kappa shape index (κ3) is 4.31. The summed E-state index contributed by atoms with van der Waals surface area (Å²) in [5, 5.41) is 0. The summed E-state index contributed by atoms with van der Waals surface area (Å²) in [5.74, 6) is 0. The van der Waals surface area contributed by atoms with E-state index in [1.807, 2.05) is 6.08 Å². The van der Waals surface area contributed by atoms with E-state index in [0.29, 0.717) is 9.52 Å². The second-order valence-electron chi connectivity index (χ2n) is 2.95. The topological polar surface area (TPSA) is 0 Å². The van der Waals surface area contributed by atoms with Crippen LogP contribution in [0.1, 0.15) is 11.1 Å². The maximum atomic E-state index is 5.66. The van der Waals surface area contributed by atoms with Gasteiger partial charge >= 0.3 is 0 Å². The molecule has 0 amide bonds. The van der Waals surface area contributed by atoms with Gasteiger partial charge in [-0.25, -0.2) is 0 Å². The highest BCUT2D eigenvalue weighted by Crippen LogP contribution is 2.09. The Kier molecular flexibility index (Phi) is 5.31. The minimum atomic E-state index is -0.206. The Morgan fingerprint density at radius 2 is 1.93 bits per heavy atom. The number of aryl methyl sites for hydroxylation is 1. The van der Waals surface area contributed by atoms with Crippen molar-refractivity contribution in [3.8, 4) is 0 Å².